The Morgan fingerprint density at radius 3 is 2.53 bits per heavy atom. The molecule has 0 radical (unpaired) electrons. The zero-order valence-corrected chi connectivity index (χ0v) is 10.6. The average Bonchev–Trinajstić information content (AvgIpc) is 2.31. The molecule has 8 heteroatoms. The van der Waals surface area contributed by atoms with Gasteiger partial charge in [-0.25, -0.2) is 9.37 Å². The summed E-state index contributed by atoms with van der Waals surface area (Å²) in [7, 11) is 0. The topological polar surface area (TPSA) is 45.8 Å². The highest BCUT2D eigenvalue weighted by Gasteiger charge is 2.34. The van der Waals surface area contributed by atoms with Crippen molar-refractivity contribution in [1.82, 2.24) is 9.97 Å². The third kappa shape index (κ3) is 2.83. The molecule has 0 spiro atoms. The summed E-state index contributed by atoms with van der Waals surface area (Å²) in [5, 5.41) is 0. The molecule has 3 nitrogen and oxygen atoms in total. The van der Waals surface area contributed by atoms with Gasteiger partial charge in [-0.3, -0.25) is 4.79 Å². The minimum absolute atomic E-state index is 0.0706. The number of halogens is 5. The van der Waals surface area contributed by atoms with Gasteiger partial charge < -0.3 is 4.98 Å². The molecular weight excluding hydrogens is 332 g/mol. The molecule has 0 amide bonds. The Morgan fingerprint density at radius 1 is 1.26 bits per heavy atom. The molecule has 1 N–H and O–H groups in total. The van der Waals surface area contributed by atoms with Crippen LogP contribution in [-0.4, -0.2) is 9.97 Å². The van der Waals surface area contributed by atoms with Gasteiger partial charge >= 0.3 is 6.18 Å². The highest BCUT2D eigenvalue weighted by Crippen LogP contribution is 2.36. The lowest BCUT2D eigenvalue weighted by Crippen LogP contribution is -2.13. The van der Waals surface area contributed by atoms with Gasteiger partial charge in [-0.2, -0.15) is 13.2 Å². The molecule has 0 aliphatic carbocycles. The number of benzene rings is 1. The van der Waals surface area contributed by atoms with E-state index in [2.05, 4.69) is 25.9 Å². The lowest BCUT2D eigenvalue weighted by Gasteiger charge is -2.12. The zero-order chi connectivity index (χ0) is 14.2. The van der Waals surface area contributed by atoms with E-state index >= 15 is 0 Å². The van der Waals surface area contributed by atoms with Crippen LogP contribution in [0.3, 0.4) is 0 Å². The molecule has 19 heavy (non-hydrogen) atoms. The van der Waals surface area contributed by atoms with E-state index in [4.69, 9.17) is 0 Å². The van der Waals surface area contributed by atoms with Gasteiger partial charge in [-0.05, 0) is 34.1 Å². The number of hydrogen-bond donors (Lipinski definition) is 1. The number of aromatic amines is 1. The SMILES string of the molecule is O=c1[nH]c(-c2cc(F)ccc2C(F)(F)F)ncc1Br. The monoisotopic (exact) mass is 336 g/mol. The van der Waals surface area contributed by atoms with Crippen LogP contribution in [-0.2, 0) is 6.18 Å². The summed E-state index contributed by atoms with van der Waals surface area (Å²) in [4.78, 5) is 17.1. The van der Waals surface area contributed by atoms with E-state index in [0.717, 1.165) is 6.20 Å². The Morgan fingerprint density at radius 2 is 1.95 bits per heavy atom. The number of H-pyrrole nitrogens is 1. The molecule has 100 valence electrons. The van der Waals surface area contributed by atoms with Gasteiger partial charge in [-0.1, -0.05) is 0 Å². The first-order chi connectivity index (χ1) is 8.79. The smallest absolute Gasteiger partial charge is 0.306 e. The normalized spacial score (nSPS) is 11.6. The molecule has 0 saturated carbocycles. The number of rotatable bonds is 1. The summed E-state index contributed by atoms with van der Waals surface area (Å²) < 4.78 is 51.6. The zero-order valence-electron chi connectivity index (χ0n) is 9.05. The fraction of sp³-hybridized carbons (Fsp3) is 0.0909. The van der Waals surface area contributed by atoms with Crippen molar-refractivity contribution in [3.05, 3.63) is 50.6 Å². The van der Waals surface area contributed by atoms with Crippen LogP contribution >= 0.6 is 15.9 Å². The van der Waals surface area contributed by atoms with E-state index in [9.17, 15) is 22.4 Å². The predicted octanol–water partition coefficient (Wildman–Crippen LogP) is 3.36. The Bertz CT molecular complexity index is 681. The number of nitrogens with one attached hydrogen (secondary N) is 1. The average molecular weight is 337 g/mol. The van der Waals surface area contributed by atoms with Gasteiger partial charge in [0.1, 0.15) is 16.1 Å². The molecule has 1 aromatic heterocycles. The van der Waals surface area contributed by atoms with Crippen molar-refractivity contribution >= 4 is 15.9 Å². The van der Waals surface area contributed by atoms with Crippen molar-refractivity contribution in [3.8, 4) is 11.4 Å². The first kappa shape index (κ1) is 13.7. The first-order valence-electron chi connectivity index (χ1n) is 4.91. The Balaban J connectivity index is 2.70. The fourth-order valence-electron chi connectivity index (χ4n) is 1.48. The summed E-state index contributed by atoms with van der Waals surface area (Å²) in [6, 6.07) is 1.98. The predicted molar refractivity (Wildman–Crippen MR) is 63.0 cm³/mol. The van der Waals surface area contributed by atoms with Crippen molar-refractivity contribution < 1.29 is 17.6 Å². The van der Waals surface area contributed by atoms with E-state index in [1.807, 2.05) is 0 Å². The van der Waals surface area contributed by atoms with E-state index in [1.54, 1.807) is 0 Å². The third-order valence-corrected chi connectivity index (χ3v) is 2.86. The van der Waals surface area contributed by atoms with Crippen molar-refractivity contribution in [2.75, 3.05) is 0 Å². The van der Waals surface area contributed by atoms with Gasteiger partial charge in [0, 0.05) is 11.8 Å². The van der Waals surface area contributed by atoms with E-state index in [-0.39, 0.29) is 10.3 Å². The second-order valence-electron chi connectivity index (χ2n) is 3.60. The van der Waals surface area contributed by atoms with Gasteiger partial charge in [0.05, 0.1) is 5.56 Å². The summed E-state index contributed by atoms with van der Waals surface area (Å²) in [6.07, 6.45) is -3.62. The van der Waals surface area contributed by atoms with Crippen LogP contribution < -0.4 is 5.56 Å². The summed E-state index contributed by atoms with van der Waals surface area (Å²) in [6.45, 7) is 0. The second-order valence-corrected chi connectivity index (χ2v) is 4.45. The number of alkyl halides is 3. The van der Waals surface area contributed by atoms with Gasteiger partial charge in [0.2, 0.25) is 0 Å². The summed E-state index contributed by atoms with van der Waals surface area (Å²) >= 11 is 2.87. The van der Waals surface area contributed by atoms with Crippen LogP contribution in [0.5, 0.6) is 0 Å². The maximum Gasteiger partial charge on any atom is 0.417 e. The Labute approximate surface area is 112 Å². The number of aromatic nitrogens is 2. The third-order valence-electron chi connectivity index (χ3n) is 2.30. The van der Waals surface area contributed by atoms with Crippen molar-refractivity contribution in [2.24, 2.45) is 0 Å². The second kappa shape index (κ2) is 4.76. The van der Waals surface area contributed by atoms with Crippen LogP contribution in [0.1, 0.15) is 5.56 Å². The molecule has 0 atom stereocenters. The molecule has 0 unspecified atom stereocenters. The van der Waals surface area contributed by atoms with Crippen molar-refractivity contribution in [1.29, 1.82) is 0 Å². The summed E-state index contributed by atoms with van der Waals surface area (Å²) in [5.41, 5.74) is -2.24. The Kier molecular flexibility index (Phi) is 3.44. The molecular formula is C11H5BrF4N2O. The van der Waals surface area contributed by atoms with E-state index < -0.39 is 28.7 Å². The quantitative estimate of drug-likeness (QED) is 0.811. The van der Waals surface area contributed by atoms with Gasteiger partial charge in [-0.15, -0.1) is 0 Å². The molecule has 0 aliphatic heterocycles. The van der Waals surface area contributed by atoms with Crippen LogP contribution in [0.15, 0.2) is 33.7 Å². The largest absolute Gasteiger partial charge is 0.417 e. The van der Waals surface area contributed by atoms with Crippen molar-refractivity contribution in [3.63, 3.8) is 0 Å². The van der Waals surface area contributed by atoms with Crippen LogP contribution in [0.25, 0.3) is 11.4 Å². The van der Waals surface area contributed by atoms with Gasteiger partial charge in [0.15, 0.2) is 0 Å². The minimum atomic E-state index is -4.67. The highest BCUT2D eigenvalue weighted by atomic mass is 79.9. The van der Waals surface area contributed by atoms with Crippen LogP contribution in [0, 0.1) is 5.82 Å². The Hall–Kier alpha value is -1.70. The summed E-state index contributed by atoms with van der Waals surface area (Å²) in [5.74, 6) is -1.20. The molecule has 0 bridgehead atoms. The van der Waals surface area contributed by atoms with E-state index in [0.29, 0.717) is 18.2 Å². The maximum absolute atomic E-state index is 13.1. The fourth-order valence-corrected chi connectivity index (χ4v) is 1.68. The van der Waals surface area contributed by atoms with Crippen molar-refractivity contribution in [2.45, 2.75) is 6.18 Å². The van der Waals surface area contributed by atoms with Crippen LogP contribution in [0.2, 0.25) is 0 Å². The molecule has 0 fully saturated rings. The van der Waals surface area contributed by atoms with E-state index in [1.165, 1.54) is 0 Å². The lowest BCUT2D eigenvalue weighted by molar-refractivity contribution is -0.137. The standard InChI is InChI=1S/C11H5BrF4N2O/c12-8-4-17-9(18-10(8)19)6-3-5(13)1-2-7(6)11(14,15)16/h1-4H,(H,17,18,19). The molecule has 0 aliphatic rings. The molecule has 1 heterocycles. The minimum Gasteiger partial charge on any atom is -0.306 e. The molecule has 2 rings (SSSR count). The van der Waals surface area contributed by atoms with Crippen LogP contribution in [0.4, 0.5) is 17.6 Å². The van der Waals surface area contributed by atoms with Gasteiger partial charge in [0.25, 0.3) is 5.56 Å². The highest BCUT2D eigenvalue weighted by molar-refractivity contribution is 9.10. The maximum atomic E-state index is 13.1. The number of hydrogen-bond acceptors (Lipinski definition) is 2. The molecule has 2 aromatic rings. The molecule has 0 saturated heterocycles. The molecule has 1 aromatic carbocycles. The number of nitrogens with zero attached hydrogens (tertiary/aromatic N) is 1. The first-order valence-corrected chi connectivity index (χ1v) is 5.70. The lowest BCUT2D eigenvalue weighted by atomic mass is 10.1.